The predicted molar refractivity (Wildman–Crippen MR) is 151 cm³/mol. The van der Waals surface area contributed by atoms with Crippen LogP contribution >= 0.6 is 22.7 Å². The fraction of sp³-hybridized carbons (Fsp3) is 0.100. The highest BCUT2D eigenvalue weighted by atomic mass is 32.1. The molecule has 1 aliphatic heterocycles. The molecule has 3 aromatic carbocycles. The zero-order valence-corrected chi connectivity index (χ0v) is 22.2. The van der Waals surface area contributed by atoms with Crippen LogP contribution in [-0.2, 0) is 4.79 Å². The van der Waals surface area contributed by atoms with E-state index >= 15 is 0 Å². The molecule has 0 radical (unpaired) electrons. The number of ether oxygens (including phenoxy) is 1. The quantitative estimate of drug-likeness (QED) is 0.226. The third-order valence-corrected chi connectivity index (χ3v) is 8.25. The maximum absolute atomic E-state index is 13.6. The summed E-state index contributed by atoms with van der Waals surface area (Å²) in [5.74, 6) is -0.394. The van der Waals surface area contributed by atoms with Crippen LogP contribution in [0.25, 0.3) is 10.2 Å². The molecule has 38 heavy (non-hydrogen) atoms. The number of aryl methyl sites for hydroxylation is 2. The smallest absolute Gasteiger partial charge is 0.296 e. The van der Waals surface area contributed by atoms with Crippen molar-refractivity contribution in [2.45, 2.75) is 19.9 Å². The van der Waals surface area contributed by atoms with E-state index < -0.39 is 17.7 Å². The summed E-state index contributed by atoms with van der Waals surface area (Å²) >= 11 is 2.63. The van der Waals surface area contributed by atoms with E-state index in [9.17, 15) is 14.7 Å². The number of benzene rings is 3. The molecule has 6 nitrogen and oxygen atoms in total. The molecule has 188 valence electrons. The summed E-state index contributed by atoms with van der Waals surface area (Å²) in [7, 11) is 0. The Morgan fingerprint density at radius 1 is 0.974 bits per heavy atom. The highest BCUT2D eigenvalue weighted by Gasteiger charge is 2.46. The molecule has 1 N–H and O–H groups in total. The second-order valence-corrected chi connectivity index (χ2v) is 11.0. The van der Waals surface area contributed by atoms with Crippen LogP contribution in [0.1, 0.15) is 32.4 Å². The molecule has 1 aliphatic rings. The SMILES string of the molecule is Cc1cc(C)c2nc(N3C(=O)C(O)=C(C(=O)c4cccs4)C3c3cccc(Oc4ccccc4)c3)sc2c1. The lowest BCUT2D eigenvalue weighted by Gasteiger charge is -2.24. The summed E-state index contributed by atoms with van der Waals surface area (Å²) in [6.07, 6.45) is 0. The zero-order valence-electron chi connectivity index (χ0n) is 20.5. The lowest BCUT2D eigenvalue weighted by molar-refractivity contribution is -0.117. The number of aliphatic hydroxyl groups excluding tert-OH is 1. The van der Waals surface area contributed by atoms with Crippen molar-refractivity contribution in [3.8, 4) is 11.5 Å². The van der Waals surface area contributed by atoms with E-state index in [4.69, 9.17) is 9.72 Å². The number of hydrogen-bond donors (Lipinski definition) is 1. The number of hydrogen-bond acceptors (Lipinski definition) is 7. The fourth-order valence-electron chi connectivity index (χ4n) is 4.73. The molecule has 3 heterocycles. The Balaban J connectivity index is 1.49. The second-order valence-electron chi connectivity index (χ2n) is 9.06. The average molecular weight is 539 g/mol. The van der Waals surface area contributed by atoms with Crippen LogP contribution in [0.4, 0.5) is 5.13 Å². The summed E-state index contributed by atoms with van der Waals surface area (Å²) in [6.45, 7) is 3.99. The van der Waals surface area contributed by atoms with E-state index in [1.807, 2.05) is 74.5 Å². The lowest BCUT2D eigenvalue weighted by atomic mass is 9.95. The Kier molecular flexibility index (Phi) is 6.06. The van der Waals surface area contributed by atoms with E-state index in [-0.39, 0.29) is 11.4 Å². The van der Waals surface area contributed by atoms with Crippen molar-refractivity contribution in [2.75, 3.05) is 4.90 Å². The molecule has 0 fully saturated rings. The number of thiophene rings is 1. The number of ketones is 1. The van der Waals surface area contributed by atoms with E-state index in [0.717, 1.165) is 21.3 Å². The van der Waals surface area contributed by atoms with E-state index in [2.05, 4.69) is 0 Å². The number of rotatable bonds is 6. The molecule has 8 heteroatoms. The molecule has 6 rings (SSSR count). The van der Waals surface area contributed by atoms with Gasteiger partial charge in [0, 0.05) is 0 Å². The minimum Gasteiger partial charge on any atom is -0.503 e. The Morgan fingerprint density at radius 3 is 2.53 bits per heavy atom. The van der Waals surface area contributed by atoms with Gasteiger partial charge in [0.2, 0.25) is 5.78 Å². The van der Waals surface area contributed by atoms with Crippen LogP contribution in [0.2, 0.25) is 0 Å². The highest BCUT2D eigenvalue weighted by Crippen LogP contribution is 2.45. The summed E-state index contributed by atoms with van der Waals surface area (Å²) in [6, 6.07) is 23.3. The number of thiazole rings is 1. The number of aromatic nitrogens is 1. The molecule has 0 aliphatic carbocycles. The molecule has 0 spiro atoms. The van der Waals surface area contributed by atoms with Crippen LogP contribution in [-0.4, -0.2) is 21.8 Å². The third-order valence-electron chi connectivity index (χ3n) is 6.38. The molecule has 2 aromatic heterocycles. The largest absolute Gasteiger partial charge is 0.503 e. The van der Waals surface area contributed by atoms with Gasteiger partial charge < -0.3 is 9.84 Å². The van der Waals surface area contributed by atoms with Gasteiger partial charge in [-0.15, -0.1) is 11.3 Å². The van der Waals surface area contributed by atoms with E-state index in [1.165, 1.54) is 27.6 Å². The number of anilines is 1. The van der Waals surface area contributed by atoms with Crippen LogP contribution in [0.3, 0.4) is 0 Å². The molecular weight excluding hydrogens is 516 g/mol. The maximum Gasteiger partial charge on any atom is 0.296 e. The first kappa shape index (κ1) is 24.1. The number of nitrogens with zero attached hydrogens (tertiary/aromatic N) is 2. The van der Waals surface area contributed by atoms with Gasteiger partial charge in [-0.3, -0.25) is 14.5 Å². The Bertz CT molecular complexity index is 1720. The number of Topliss-reactive ketones (excluding diaryl/α,β-unsaturated/α-hetero) is 1. The van der Waals surface area contributed by atoms with E-state index in [0.29, 0.717) is 27.1 Å². The minimum atomic E-state index is -0.876. The molecule has 5 aromatic rings. The van der Waals surface area contributed by atoms with Crippen molar-refractivity contribution in [1.29, 1.82) is 0 Å². The topological polar surface area (TPSA) is 79.7 Å². The normalized spacial score (nSPS) is 15.5. The minimum absolute atomic E-state index is 0.0291. The Morgan fingerprint density at radius 2 is 1.76 bits per heavy atom. The summed E-state index contributed by atoms with van der Waals surface area (Å²) in [4.78, 5) is 33.9. The molecule has 0 saturated carbocycles. The Hall–Kier alpha value is -4.27. The highest BCUT2D eigenvalue weighted by molar-refractivity contribution is 7.22. The van der Waals surface area contributed by atoms with Gasteiger partial charge in [0.05, 0.1) is 26.7 Å². The number of aliphatic hydroxyl groups is 1. The summed E-state index contributed by atoms with van der Waals surface area (Å²) in [5.41, 5.74) is 3.54. The van der Waals surface area contributed by atoms with Gasteiger partial charge in [-0.25, -0.2) is 4.98 Å². The van der Waals surface area contributed by atoms with Gasteiger partial charge in [0.1, 0.15) is 11.5 Å². The lowest BCUT2D eigenvalue weighted by Crippen LogP contribution is -2.30. The number of amides is 1. The average Bonchev–Trinajstić information content (AvgIpc) is 3.64. The van der Waals surface area contributed by atoms with Gasteiger partial charge >= 0.3 is 0 Å². The zero-order chi connectivity index (χ0) is 26.4. The molecular formula is C30H22N2O4S2. The van der Waals surface area contributed by atoms with Gasteiger partial charge in [-0.1, -0.05) is 53.8 Å². The van der Waals surface area contributed by atoms with E-state index in [1.54, 1.807) is 23.6 Å². The number of para-hydroxylation sites is 1. The number of fused-ring (bicyclic) bond motifs is 1. The monoisotopic (exact) mass is 538 g/mol. The molecule has 1 atom stereocenters. The van der Waals surface area contributed by atoms with Crippen molar-refractivity contribution in [3.63, 3.8) is 0 Å². The van der Waals surface area contributed by atoms with Gasteiger partial charge in [-0.2, -0.15) is 0 Å². The van der Waals surface area contributed by atoms with Crippen molar-refractivity contribution >= 4 is 49.7 Å². The first-order valence-corrected chi connectivity index (χ1v) is 13.7. The molecule has 1 unspecified atom stereocenters. The van der Waals surface area contributed by atoms with Crippen molar-refractivity contribution in [1.82, 2.24) is 4.98 Å². The van der Waals surface area contributed by atoms with Crippen molar-refractivity contribution in [2.24, 2.45) is 0 Å². The van der Waals surface area contributed by atoms with Crippen LogP contribution in [0.15, 0.2) is 95.6 Å². The van der Waals surface area contributed by atoms with Crippen molar-refractivity contribution < 1.29 is 19.4 Å². The number of carbonyl (C=O) groups is 2. The molecule has 0 bridgehead atoms. The molecule has 1 amide bonds. The maximum atomic E-state index is 13.6. The molecule has 0 saturated heterocycles. The van der Waals surface area contributed by atoms with Crippen molar-refractivity contribution in [3.05, 3.63) is 117 Å². The standard InChI is InChI=1S/C30H22N2O4S2/c1-17-14-18(2)25-23(15-17)38-30(31-25)32-26(24(28(34)29(32)35)27(33)22-12-7-13-37-22)19-8-6-11-21(16-19)36-20-9-4-3-5-10-20/h3-16,26,34H,1-2H3. The summed E-state index contributed by atoms with van der Waals surface area (Å²) < 4.78 is 6.97. The van der Waals surface area contributed by atoms with Crippen LogP contribution < -0.4 is 9.64 Å². The van der Waals surface area contributed by atoms with Crippen LogP contribution in [0, 0.1) is 13.8 Å². The number of carbonyl (C=O) groups excluding carboxylic acids is 2. The second kappa shape index (κ2) is 9.55. The predicted octanol–water partition coefficient (Wildman–Crippen LogP) is 7.55. The van der Waals surface area contributed by atoms with Gasteiger partial charge in [0.25, 0.3) is 5.91 Å². The fourth-order valence-corrected chi connectivity index (χ4v) is 6.57. The van der Waals surface area contributed by atoms with Gasteiger partial charge in [0.15, 0.2) is 10.9 Å². The first-order chi connectivity index (χ1) is 18.4. The summed E-state index contributed by atoms with van der Waals surface area (Å²) in [5, 5.41) is 13.3. The van der Waals surface area contributed by atoms with Crippen LogP contribution in [0.5, 0.6) is 11.5 Å². The third kappa shape index (κ3) is 4.17. The Labute approximate surface area is 227 Å². The first-order valence-electron chi connectivity index (χ1n) is 12.0. The van der Waals surface area contributed by atoms with Gasteiger partial charge in [-0.05, 0) is 72.3 Å².